The van der Waals surface area contributed by atoms with Gasteiger partial charge in [0.15, 0.2) is 5.76 Å². The van der Waals surface area contributed by atoms with Crippen LogP contribution in [0.5, 0.6) is 0 Å². The lowest BCUT2D eigenvalue weighted by molar-refractivity contribution is -0.121. The predicted octanol–water partition coefficient (Wildman–Crippen LogP) is 4.34. The van der Waals surface area contributed by atoms with E-state index in [0.717, 1.165) is 11.1 Å². The summed E-state index contributed by atoms with van der Waals surface area (Å²) in [5.41, 5.74) is 2.79. The molecule has 2 aromatic carbocycles. The Bertz CT molecular complexity index is 872. The summed E-state index contributed by atoms with van der Waals surface area (Å²) in [6.07, 6.45) is 1.90. The van der Waals surface area contributed by atoms with E-state index < -0.39 is 0 Å². The number of anilines is 1. The fraction of sp³-hybridized carbons (Fsp3) is 0.182. The Hall–Kier alpha value is -3.34. The van der Waals surface area contributed by atoms with E-state index in [1.807, 2.05) is 49.4 Å². The van der Waals surface area contributed by atoms with Crippen LogP contribution in [0.3, 0.4) is 0 Å². The summed E-state index contributed by atoms with van der Waals surface area (Å²) in [4.78, 5) is 24.1. The van der Waals surface area contributed by atoms with Crippen molar-refractivity contribution in [1.82, 2.24) is 5.32 Å². The monoisotopic (exact) mass is 362 g/mol. The first-order valence-electron chi connectivity index (χ1n) is 8.87. The maximum absolute atomic E-state index is 12.2. The van der Waals surface area contributed by atoms with E-state index in [4.69, 9.17) is 4.42 Å². The Morgan fingerprint density at radius 2 is 1.70 bits per heavy atom. The van der Waals surface area contributed by atoms with Gasteiger partial charge < -0.3 is 15.1 Å². The maximum atomic E-state index is 12.2. The minimum Gasteiger partial charge on any atom is -0.459 e. The second-order valence-electron chi connectivity index (χ2n) is 6.42. The van der Waals surface area contributed by atoms with Gasteiger partial charge in [0, 0.05) is 18.7 Å². The first-order chi connectivity index (χ1) is 13.1. The van der Waals surface area contributed by atoms with Crippen molar-refractivity contribution in [2.75, 3.05) is 5.32 Å². The van der Waals surface area contributed by atoms with Crippen LogP contribution in [0.15, 0.2) is 77.4 Å². The van der Waals surface area contributed by atoms with Crippen LogP contribution in [0.25, 0.3) is 0 Å². The molecule has 0 radical (unpaired) electrons. The smallest absolute Gasteiger partial charge is 0.291 e. The second kappa shape index (κ2) is 8.85. The molecule has 1 heterocycles. The van der Waals surface area contributed by atoms with Crippen molar-refractivity contribution in [1.29, 1.82) is 0 Å². The fourth-order valence-electron chi connectivity index (χ4n) is 2.76. The van der Waals surface area contributed by atoms with Gasteiger partial charge in [0.05, 0.1) is 6.26 Å². The van der Waals surface area contributed by atoms with Gasteiger partial charge in [0.25, 0.3) is 5.91 Å². The molecule has 138 valence electrons. The lowest BCUT2D eigenvalue weighted by atomic mass is 9.97. The maximum Gasteiger partial charge on any atom is 0.291 e. The van der Waals surface area contributed by atoms with Crippen LogP contribution in [-0.2, 0) is 11.3 Å². The van der Waals surface area contributed by atoms with Gasteiger partial charge in [-0.3, -0.25) is 9.59 Å². The molecule has 0 aliphatic rings. The molecule has 0 fully saturated rings. The standard InChI is InChI=1S/C22H22N2O3/c1-16(18-6-3-2-4-7-18)14-21(25)23-15-17-9-11-19(12-10-17)24-22(26)20-8-5-13-27-20/h2-13,16H,14-15H2,1H3,(H,23,25)(H,24,26)/t16-/m0/s1. The van der Waals surface area contributed by atoms with Crippen molar-refractivity contribution in [2.45, 2.75) is 25.8 Å². The largest absolute Gasteiger partial charge is 0.459 e. The first-order valence-corrected chi connectivity index (χ1v) is 8.87. The van der Waals surface area contributed by atoms with Crippen molar-refractivity contribution < 1.29 is 14.0 Å². The molecule has 5 heteroatoms. The highest BCUT2D eigenvalue weighted by Crippen LogP contribution is 2.18. The number of rotatable bonds is 7. The zero-order valence-corrected chi connectivity index (χ0v) is 15.1. The normalized spacial score (nSPS) is 11.6. The Morgan fingerprint density at radius 1 is 0.963 bits per heavy atom. The number of hydrogen-bond donors (Lipinski definition) is 2. The van der Waals surface area contributed by atoms with Crippen LogP contribution in [0, 0.1) is 0 Å². The van der Waals surface area contributed by atoms with Crippen molar-refractivity contribution in [3.05, 3.63) is 89.9 Å². The van der Waals surface area contributed by atoms with Crippen LogP contribution in [0.4, 0.5) is 5.69 Å². The van der Waals surface area contributed by atoms with E-state index in [0.29, 0.717) is 18.7 Å². The second-order valence-corrected chi connectivity index (χ2v) is 6.42. The fourth-order valence-corrected chi connectivity index (χ4v) is 2.76. The number of amides is 2. The molecule has 0 saturated heterocycles. The molecule has 0 unspecified atom stereocenters. The predicted molar refractivity (Wildman–Crippen MR) is 104 cm³/mol. The van der Waals surface area contributed by atoms with Gasteiger partial charge in [-0.15, -0.1) is 0 Å². The SMILES string of the molecule is C[C@@H](CC(=O)NCc1ccc(NC(=O)c2ccco2)cc1)c1ccccc1. The highest BCUT2D eigenvalue weighted by Gasteiger charge is 2.11. The Kier molecular flexibility index (Phi) is 6.05. The number of nitrogens with one attached hydrogen (secondary N) is 2. The summed E-state index contributed by atoms with van der Waals surface area (Å²) in [6, 6.07) is 20.6. The lowest BCUT2D eigenvalue weighted by Crippen LogP contribution is -2.24. The average molecular weight is 362 g/mol. The molecule has 0 spiro atoms. The zero-order chi connectivity index (χ0) is 19.1. The van der Waals surface area contributed by atoms with Crippen molar-refractivity contribution >= 4 is 17.5 Å². The molecule has 2 amide bonds. The number of carbonyl (C=O) groups is 2. The molecule has 0 aliphatic heterocycles. The summed E-state index contributed by atoms with van der Waals surface area (Å²) in [6.45, 7) is 2.50. The van der Waals surface area contributed by atoms with Crippen molar-refractivity contribution in [2.24, 2.45) is 0 Å². The van der Waals surface area contributed by atoms with Crippen molar-refractivity contribution in [3.63, 3.8) is 0 Å². The Morgan fingerprint density at radius 3 is 2.37 bits per heavy atom. The number of hydrogen-bond acceptors (Lipinski definition) is 3. The topological polar surface area (TPSA) is 71.3 Å². The first kappa shape index (κ1) is 18.5. The molecular formula is C22H22N2O3. The number of benzene rings is 2. The van der Waals surface area contributed by atoms with E-state index in [9.17, 15) is 9.59 Å². The molecule has 1 atom stereocenters. The third-order valence-corrected chi connectivity index (χ3v) is 4.31. The van der Waals surface area contributed by atoms with Crippen LogP contribution >= 0.6 is 0 Å². The molecule has 0 saturated carbocycles. The molecule has 1 aromatic heterocycles. The molecule has 27 heavy (non-hydrogen) atoms. The highest BCUT2D eigenvalue weighted by molar-refractivity contribution is 6.02. The van der Waals surface area contributed by atoms with Crippen LogP contribution in [-0.4, -0.2) is 11.8 Å². The van der Waals surface area contributed by atoms with Gasteiger partial charge in [-0.05, 0) is 41.3 Å². The molecule has 5 nitrogen and oxygen atoms in total. The van der Waals surface area contributed by atoms with Gasteiger partial charge in [-0.2, -0.15) is 0 Å². The number of furan rings is 1. The third kappa shape index (κ3) is 5.31. The van der Waals surface area contributed by atoms with Crippen LogP contribution in [0.1, 0.15) is 40.9 Å². The van der Waals surface area contributed by atoms with E-state index in [2.05, 4.69) is 10.6 Å². The van der Waals surface area contributed by atoms with Gasteiger partial charge >= 0.3 is 0 Å². The molecule has 0 aliphatic carbocycles. The Balaban J connectivity index is 1.47. The number of carbonyl (C=O) groups excluding carboxylic acids is 2. The van der Waals surface area contributed by atoms with E-state index in [1.54, 1.807) is 24.3 Å². The summed E-state index contributed by atoms with van der Waals surface area (Å²) in [5, 5.41) is 5.70. The quantitative estimate of drug-likeness (QED) is 0.657. The van der Waals surface area contributed by atoms with E-state index in [-0.39, 0.29) is 23.5 Å². The lowest BCUT2D eigenvalue weighted by Gasteiger charge is -2.12. The highest BCUT2D eigenvalue weighted by atomic mass is 16.3. The minimum absolute atomic E-state index is 0.0153. The van der Waals surface area contributed by atoms with Crippen LogP contribution < -0.4 is 10.6 Å². The summed E-state index contributed by atoms with van der Waals surface area (Å²) < 4.78 is 5.06. The molecule has 0 bridgehead atoms. The van der Waals surface area contributed by atoms with Gasteiger partial charge in [-0.25, -0.2) is 0 Å². The summed E-state index contributed by atoms with van der Waals surface area (Å²) >= 11 is 0. The van der Waals surface area contributed by atoms with Gasteiger partial charge in [0.1, 0.15) is 0 Å². The summed E-state index contributed by atoms with van der Waals surface area (Å²) in [5.74, 6) is 0.154. The van der Waals surface area contributed by atoms with Crippen LogP contribution in [0.2, 0.25) is 0 Å². The van der Waals surface area contributed by atoms with Gasteiger partial charge in [0.2, 0.25) is 5.91 Å². The Labute approximate surface area is 158 Å². The van der Waals surface area contributed by atoms with Crippen molar-refractivity contribution in [3.8, 4) is 0 Å². The molecule has 3 aromatic rings. The zero-order valence-electron chi connectivity index (χ0n) is 15.1. The summed E-state index contributed by atoms with van der Waals surface area (Å²) in [7, 11) is 0. The molecule has 2 N–H and O–H groups in total. The molecule has 3 rings (SSSR count). The van der Waals surface area contributed by atoms with Gasteiger partial charge in [-0.1, -0.05) is 49.4 Å². The average Bonchev–Trinajstić information content (AvgIpc) is 3.23. The third-order valence-electron chi connectivity index (χ3n) is 4.31. The molecular weight excluding hydrogens is 340 g/mol. The van der Waals surface area contributed by atoms with E-state index in [1.165, 1.54) is 6.26 Å². The minimum atomic E-state index is -0.295. The van der Waals surface area contributed by atoms with E-state index >= 15 is 0 Å².